The summed E-state index contributed by atoms with van der Waals surface area (Å²) in [4.78, 5) is 0. The van der Waals surface area contributed by atoms with Gasteiger partial charge in [-0.15, -0.1) is 0 Å². The second-order valence-electron chi connectivity index (χ2n) is 0. The van der Waals surface area contributed by atoms with E-state index in [1.54, 1.807) is 0 Å². The summed E-state index contributed by atoms with van der Waals surface area (Å²) in [6, 6.07) is 0. The van der Waals surface area contributed by atoms with Crippen molar-refractivity contribution < 1.29 is 33.1 Å². The molecule has 0 rings (SSSR count). The van der Waals surface area contributed by atoms with Gasteiger partial charge in [0.1, 0.15) is 0 Å². The minimum atomic E-state index is 0. The molecule has 0 saturated carbocycles. The van der Waals surface area contributed by atoms with Gasteiger partial charge < -0.3 is 5.48 Å². The molecule has 0 amide bonds. The van der Waals surface area contributed by atoms with Gasteiger partial charge in [0.25, 0.3) is 0 Å². The van der Waals surface area contributed by atoms with E-state index in [0.29, 0.717) is 0 Å². The maximum atomic E-state index is 2.12. The Balaban J connectivity index is -0.00000000500. The Morgan fingerprint density at radius 2 is 1.00 bits per heavy atom. The summed E-state index contributed by atoms with van der Waals surface area (Å²) in [5.41, 5.74) is 0. The molecule has 4 heavy (non-hydrogen) atoms. The molecule has 0 aromatic rings. The van der Waals surface area contributed by atoms with E-state index < -0.39 is 0 Å². The van der Waals surface area contributed by atoms with Crippen LogP contribution in [0.15, 0.2) is 0 Å². The summed E-state index contributed by atoms with van der Waals surface area (Å²) >= 11 is 4.24. The molecule has 0 spiro atoms. The van der Waals surface area contributed by atoms with Crippen LogP contribution in [0.25, 0.3) is 0 Å². The van der Waals surface area contributed by atoms with Crippen LogP contribution in [0.3, 0.4) is 0 Å². The third kappa shape index (κ3) is 8.84. The van der Waals surface area contributed by atoms with Gasteiger partial charge in [-0.05, 0) is 0 Å². The van der Waals surface area contributed by atoms with Crippen molar-refractivity contribution in [1.29, 1.82) is 0 Å². The van der Waals surface area contributed by atoms with E-state index in [1.807, 2.05) is 0 Å². The summed E-state index contributed by atoms with van der Waals surface area (Å²) < 4.78 is 0. The second kappa shape index (κ2) is 18.3. The van der Waals surface area contributed by atoms with Crippen molar-refractivity contribution in [2.24, 2.45) is 0 Å². The maximum absolute atomic E-state index is 2.12. The zero-order valence-corrected chi connectivity index (χ0v) is 11.7. The number of hydrogen-bond acceptors (Lipinski definition) is 0. The van der Waals surface area contributed by atoms with Gasteiger partial charge in [-0.1, -0.05) is 0 Å². The Morgan fingerprint density at radius 3 is 1.00 bits per heavy atom. The molecule has 0 bridgehead atoms. The average molecular weight is 470 g/mol. The smallest absolute Gasteiger partial charge is 2.00 e. The van der Waals surface area contributed by atoms with E-state index in [4.69, 9.17) is 0 Å². The fourth-order valence-corrected chi connectivity index (χ4v) is 0. The van der Waals surface area contributed by atoms with Crippen LogP contribution in [-0.2, 0) is 33.1 Å². The van der Waals surface area contributed by atoms with Crippen LogP contribution in [0, 0.1) is 0 Å². The summed E-state index contributed by atoms with van der Waals surface area (Å²) in [6.07, 6.45) is 0. The van der Waals surface area contributed by atoms with Crippen molar-refractivity contribution in [3.8, 4) is 0 Å². The van der Waals surface area contributed by atoms with E-state index in [1.165, 1.54) is 0 Å². The van der Waals surface area contributed by atoms with Crippen molar-refractivity contribution in [3.05, 3.63) is 0 Å². The molecule has 0 heterocycles. The number of halogens is 2. The molecule has 0 aromatic heterocycles. The van der Waals surface area contributed by atoms with Gasteiger partial charge in [-0.2, -0.15) is 0 Å². The van der Waals surface area contributed by atoms with Gasteiger partial charge in [0.15, 0.2) is 0 Å². The van der Waals surface area contributed by atoms with E-state index in [9.17, 15) is 0 Å². The predicted octanol–water partition coefficient (Wildman–Crippen LogP) is 1.65. The summed E-state index contributed by atoms with van der Waals surface area (Å²) in [6.45, 7) is 0. The molecule has 0 N–H and O–H groups in total. The van der Waals surface area contributed by atoms with E-state index >= 15 is 0 Å². The molecule has 0 saturated heterocycles. The molecule has 0 aliphatic rings. The van der Waals surface area contributed by atoms with E-state index in [-0.39, 0.29) is 33.1 Å². The van der Waals surface area contributed by atoms with Crippen LogP contribution in [-0.4, -0.2) is 0 Å². The molecule has 0 aromatic carbocycles. The quantitative estimate of drug-likeness (QED) is 0.381. The first-order valence-corrected chi connectivity index (χ1v) is 6.43. The third-order valence-corrected chi connectivity index (χ3v) is 0. The Kier molecular flexibility index (Phi) is 74.1. The number of rotatable bonds is 0. The topological polar surface area (TPSA) is 28.5 Å². The maximum Gasteiger partial charge on any atom is 2.00 e. The van der Waals surface area contributed by atoms with Crippen molar-refractivity contribution in [2.45, 2.75) is 0 Å². The second-order valence-corrected chi connectivity index (χ2v) is 0. The van der Waals surface area contributed by atoms with E-state index in [0.717, 1.165) is 0 Å². The minimum absolute atomic E-state index is 0. The summed E-state index contributed by atoms with van der Waals surface area (Å²) in [5, 5.41) is 0. The van der Waals surface area contributed by atoms with Gasteiger partial charge in [-0.25, -0.2) is 0 Å². The molecule has 1 nitrogen and oxygen atoms in total. The van der Waals surface area contributed by atoms with Crippen LogP contribution in [0.2, 0.25) is 0 Å². The monoisotopic (exact) mass is 472 g/mol. The van der Waals surface area contributed by atoms with Crippen LogP contribution in [0.4, 0.5) is 0 Å². The SMILES string of the molecule is II.[Hg+2].[O-2]. The van der Waals surface area contributed by atoms with Gasteiger partial charge >= 0.3 is 27.7 Å². The minimum Gasteiger partial charge on any atom is -2.00 e. The van der Waals surface area contributed by atoms with Crippen LogP contribution < -0.4 is 0 Å². The fraction of sp³-hybridized carbons (Fsp3) is 0. The largest absolute Gasteiger partial charge is 2.00 e. The average Bonchev–Trinajstić information content (AvgIpc) is 1.00. The summed E-state index contributed by atoms with van der Waals surface area (Å²) in [5.74, 6) is 0. The molecular weight excluding hydrogens is 470 g/mol. The van der Waals surface area contributed by atoms with Gasteiger partial charge in [0.05, 0.1) is 0 Å². The molecule has 0 radical (unpaired) electrons. The molecule has 22 valence electrons. The normalized spacial score (nSPS) is 1.50. The van der Waals surface area contributed by atoms with Crippen molar-refractivity contribution >= 4 is 37.2 Å². The molecule has 0 unspecified atom stereocenters. The molecule has 0 fully saturated rings. The number of hydrogen-bond donors (Lipinski definition) is 0. The zero-order valence-electron chi connectivity index (χ0n) is 1.87. The van der Waals surface area contributed by atoms with Crippen LogP contribution in [0.5, 0.6) is 0 Å². The zero-order chi connectivity index (χ0) is 2.00. The Hall–Kier alpha value is 2.36. The first kappa shape index (κ1) is 16.2. The van der Waals surface area contributed by atoms with Gasteiger partial charge in [-0.3, -0.25) is 0 Å². The van der Waals surface area contributed by atoms with E-state index in [2.05, 4.69) is 37.2 Å². The van der Waals surface area contributed by atoms with Crippen LogP contribution in [0.1, 0.15) is 0 Å². The fourth-order valence-electron chi connectivity index (χ4n) is 0. The predicted molar refractivity (Wildman–Crippen MR) is 28.7 cm³/mol. The van der Waals surface area contributed by atoms with Gasteiger partial charge in [0.2, 0.25) is 0 Å². The first-order chi connectivity index (χ1) is 1.00. The molecule has 4 heteroatoms. The standard InChI is InChI=1S/Hg.I2.O/c;1-2;/q+2;;-2. The Bertz CT molecular complexity index is 6.00. The van der Waals surface area contributed by atoms with Crippen molar-refractivity contribution in [1.82, 2.24) is 0 Å². The summed E-state index contributed by atoms with van der Waals surface area (Å²) in [7, 11) is 0. The Labute approximate surface area is 69.0 Å². The van der Waals surface area contributed by atoms with Crippen molar-refractivity contribution in [3.63, 3.8) is 0 Å². The molecule has 0 aliphatic heterocycles. The molecule has 0 atom stereocenters. The van der Waals surface area contributed by atoms with Crippen LogP contribution >= 0.6 is 37.2 Å². The molecular formula is HgI2O. The molecule has 0 aliphatic carbocycles. The van der Waals surface area contributed by atoms with Crippen molar-refractivity contribution in [2.75, 3.05) is 0 Å². The Morgan fingerprint density at radius 1 is 1.00 bits per heavy atom. The first-order valence-electron chi connectivity index (χ1n) is 0.143. The third-order valence-electron chi connectivity index (χ3n) is 0. The van der Waals surface area contributed by atoms with Gasteiger partial charge in [0, 0.05) is 37.2 Å².